The van der Waals surface area contributed by atoms with Crippen LogP contribution >= 0.6 is 0 Å². The summed E-state index contributed by atoms with van der Waals surface area (Å²) in [7, 11) is 0. The lowest BCUT2D eigenvalue weighted by atomic mass is 10.0. The lowest BCUT2D eigenvalue weighted by molar-refractivity contribution is -0.142. The van der Waals surface area contributed by atoms with E-state index >= 15 is 0 Å². The van der Waals surface area contributed by atoms with E-state index in [9.17, 15) is 38.7 Å². The van der Waals surface area contributed by atoms with E-state index in [1.54, 1.807) is 30.3 Å². The number of nitrogens with zero attached hydrogens (tertiary/aromatic N) is 1. The maximum Gasteiger partial charge on any atom is 0.326 e. The molecule has 0 aliphatic heterocycles. The average molecular weight is 661 g/mol. The molecule has 2 rings (SSSR count). The molecule has 0 spiro atoms. The molecule has 0 aliphatic rings. The second-order valence-electron chi connectivity index (χ2n) is 10.7. The Bertz CT molecular complexity index is 1390. The second kappa shape index (κ2) is 18.6. The maximum atomic E-state index is 13.1. The number of aromatic nitrogens is 2. The van der Waals surface area contributed by atoms with Crippen molar-refractivity contribution in [1.82, 2.24) is 36.6 Å². The van der Waals surface area contributed by atoms with E-state index < -0.39 is 90.8 Å². The van der Waals surface area contributed by atoms with Crippen molar-refractivity contribution in [3.8, 4) is 0 Å². The van der Waals surface area contributed by atoms with Crippen LogP contribution in [0, 0.1) is 0 Å². The van der Waals surface area contributed by atoms with Crippen LogP contribution in [-0.2, 0) is 46.4 Å². The van der Waals surface area contributed by atoms with Crippen LogP contribution in [0.15, 0.2) is 42.9 Å². The fraction of sp³-hybridized carbons (Fsp3) is 0.448. The first-order valence-corrected chi connectivity index (χ1v) is 14.6. The molecule has 11 N–H and O–H groups in total. The molecule has 256 valence electrons. The van der Waals surface area contributed by atoms with Gasteiger partial charge in [0.2, 0.25) is 29.5 Å². The lowest BCUT2D eigenvalue weighted by Gasteiger charge is -2.25. The molecule has 0 saturated heterocycles. The number of H-pyrrole nitrogens is 1. The molecule has 0 radical (unpaired) electrons. The van der Waals surface area contributed by atoms with Gasteiger partial charge in [-0.25, -0.2) is 9.78 Å². The standard InChI is InChI=1S/C29H40N8O10/c1-15(34-27(44)22(11-18-13-31-14-32-18)37-26(43)19(30)12-23(39)40)24(41)33-16(2)25(42)36-21(10-17-6-4-3-5-7-17)28(45)35-20(8-9-38)29(46)47/h3-7,13-16,19-22,38H,8-12,30H2,1-2H3,(H,31,32)(H,33,41)(H,34,44)(H,35,45)(H,36,42)(H,37,43)(H,39,40)(H,46,47)/t15-,16-,19-,20-,21-,22-/m0/s1. The molecule has 18 heteroatoms. The third kappa shape index (κ3) is 12.9. The highest BCUT2D eigenvalue weighted by molar-refractivity contribution is 5.96. The summed E-state index contributed by atoms with van der Waals surface area (Å²) in [6.07, 6.45) is 1.69. The predicted octanol–water partition coefficient (Wildman–Crippen LogP) is -3.07. The Labute approximate surface area is 269 Å². The molecule has 1 aromatic carbocycles. The van der Waals surface area contributed by atoms with Crippen LogP contribution < -0.4 is 32.3 Å². The van der Waals surface area contributed by atoms with E-state index in [4.69, 9.17) is 15.9 Å². The molecule has 1 heterocycles. The van der Waals surface area contributed by atoms with Crippen molar-refractivity contribution in [3.63, 3.8) is 0 Å². The molecule has 2 aromatic rings. The highest BCUT2D eigenvalue weighted by Crippen LogP contribution is 2.06. The van der Waals surface area contributed by atoms with Crippen molar-refractivity contribution >= 4 is 41.5 Å². The molecule has 0 saturated carbocycles. The van der Waals surface area contributed by atoms with Gasteiger partial charge in [0, 0.05) is 37.8 Å². The van der Waals surface area contributed by atoms with Gasteiger partial charge in [0.25, 0.3) is 0 Å². The van der Waals surface area contributed by atoms with Crippen LogP contribution in [-0.4, -0.2) is 110 Å². The van der Waals surface area contributed by atoms with Crippen molar-refractivity contribution in [1.29, 1.82) is 0 Å². The molecule has 0 unspecified atom stereocenters. The van der Waals surface area contributed by atoms with E-state index in [-0.39, 0.29) is 19.3 Å². The fourth-order valence-corrected chi connectivity index (χ4v) is 4.18. The summed E-state index contributed by atoms with van der Waals surface area (Å²) < 4.78 is 0. The molecule has 0 bridgehead atoms. The average Bonchev–Trinajstić information content (AvgIpc) is 3.53. The van der Waals surface area contributed by atoms with Gasteiger partial charge < -0.3 is 52.6 Å². The Balaban J connectivity index is 2.08. The summed E-state index contributed by atoms with van der Waals surface area (Å²) in [4.78, 5) is 93.6. The summed E-state index contributed by atoms with van der Waals surface area (Å²) >= 11 is 0. The number of aliphatic hydroxyl groups excluding tert-OH is 1. The third-order valence-electron chi connectivity index (χ3n) is 6.80. The van der Waals surface area contributed by atoms with Crippen LogP contribution in [0.1, 0.15) is 37.9 Å². The Morgan fingerprint density at radius 3 is 1.85 bits per heavy atom. The number of rotatable bonds is 19. The zero-order valence-corrected chi connectivity index (χ0v) is 25.8. The smallest absolute Gasteiger partial charge is 0.326 e. The number of nitrogens with one attached hydrogen (secondary N) is 6. The Morgan fingerprint density at radius 2 is 1.30 bits per heavy atom. The van der Waals surface area contributed by atoms with Crippen molar-refractivity contribution < 1.29 is 48.9 Å². The SMILES string of the molecule is C[C@H](NC(=O)[C@H](C)NC(=O)[C@H](Cc1cnc[nH]1)NC(=O)[C@@H](N)CC(=O)O)C(=O)N[C@@H](Cc1ccccc1)C(=O)N[C@@H](CCO)C(=O)O. The minimum Gasteiger partial charge on any atom is -0.481 e. The summed E-state index contributed by atoms with van der Waals surface area (Å²) in [5.74, 6) is -6.82. The van der Waals surface area contributed by atoms with E-state index in [1.165, 1.54) is 26.4 Å². The van der Waals surface area contributed by atoms with E-state index in [0.29, 0.717) is 11.3 Å². The Hall–Kier alpha value is -5.36. The summed E-state index contributed by atoms with van der Waals surface area (Å²) in [6.45, 7) is 2.15. The second-order valence-corrected chi connectivity index (χ2v) is 10.7. The van der Waals surface area contributed by atoms with Gasteiger partial charge in [0.1, 0.15) is 30.2 Å². The van der Waals surface area contributed by atoms with Gasteiger partial charge in [-0.1, -0.05) is 30.3 Å². The number of amides is 5. The third-order valence-corrected chi connectivity index (χ3v) is 6.80. The summed E-state index contributed by atoms with van der Waals surface area (Å²) in [6, 6.07) is 0.744. The highest BCUT2D eigenvalue weighted by atomic mass is 16.4. The largest absolute Gasteiger partial charge is 0.481 e. The number of hydrogen-bond donors (Lipinski definition) is 10. The number of carbonyl (C=O) groups is 7. The molecular formula is C29H40N8O10. The number of imidazole rings is 1. The van der Waals surface area contributed by atoms with Crippen LogP contribution in [0.25, 0.3) is 0 Å². The number of benzene rings is 1. The fourth-order valence-electron chi connectivity index (χ4n) is 4.18. The molecule has 18 nitrogen and oxygen atoms in total. The summed E-state index contributed by atoms with van der Waals surface area (Å²) in [5.41, 5.74) is 6.70. The Morgan fingerprint density at radius 1 is 0.766 bits per heavy atom. The number of carboxylic acids is 2. The molecule has 0 fully saturated rings. The van der Waals surface area contributed by atoms with Crippen molar-refractivity contribution in [2.75, 3.05) is 6.61 Å². The molecular weight excluding hydrogens is 620 g/mol. The van der Waals surface area contributed by atoms with E-state index in [2.05, 4.69) is 36.6 Å². The number of hydrogen-bond acceptors (Lipinski definition) is 10. The number of aliphatic hydroxyl groups is 1. The van der Waals surface area contributed by atoms with Gasteiger partial charge in [0.05, 0.1) is 18.8 Å². The minimum absolute atomic E-state index is 0.0173. The monoisotopic (exact) mass is 660 g/mol. The zero-order chi connectivity index (χ0) is 35.1. The maximum absolute atomic E-state index is 13.1. The summed E-state index contributed by atoms with van der Waals surface area (Å²) in [5, 5.41) is 39.5. The number of aliphatic carboxylic acids is 2. The first-order chi connectivity index (χ1) is 22.2. The number of nitrogens with two attached hydrogens (primary N) is 1. The quantitative estimate of drug-likeness (QED) is 0.0718. The van der Waals surface area contributed by atoms with Crippen molar-refractivity contribution in [3.05, 3.63) is 54.1 Å². The van der Waals surface area contributed by atoms with Crippen LogP contribution in [0.5, 0.6) is 0 Å². The van der Waals surface area contributed by atoms with E-state index in [1.807, 2.05) is 0 Å². The van der Waals surface area contributed by atoms with Gasteiger partial charge in [0.15, 0.2) is 0 Å². The van der Waals surface area contributed by atoms with Crippen molar-refractivity contribution in [2.45, 2.75) is 75.8 Å². The molecule has 47 heavy (non-hydrogen) atoms. The minimum atomic E-state index is -1.44. The predicted molar refractivity (Wildman–Crippen MR) is 163 cm³/mol. The van der Waals surface area contributed by atoms with Gasteiger partial charge in [-0.3, -0.25) is 28.8 Å². The van der Waals surface area contributed by atoms with Gasteiger partial charge in [-0.2, -0.15) is 0 Å². The van der Waals surface area contributed by atoms with Crippen molar-refractivity contribution in [2.24, 2.45) is 5.73 Å². The normalized spacial score (nSPS) is 14.6. The topological polar surface area (TPSA) is 295 Å². The zero-order valence-electron chi connectivity index (χ0n) is 25.8. The number of carbonyl (C=O) groups excluding carboxylic acids is 5. The molecule has 6 atom stereocenters. The lowest BCUT2D eigenvalue weighted by Crippen LogP contribution is -2.58. The molecule has 5 amide bonds. The first-order valence-electron chi connectivity index (χ1n) is 14.6. The number of carboxylic acid groups (broad SMARTS) is 2. The van der Waals surface area contributed by atoms with Gasteiger partial charge in [-0.15, -0.1) is 0 Å². The van der Waals surface area contributed by atoms with Crippen LogP contribution in [0.2, 0.25) is 0 Å². The number of aromatic amines is 1. The van der Waals surface area contributed by atoms with Crippen LogP contribution in [0.4, 0.5) is 0 Å². The van der Waals surface area contributed by atoms with Gasteiger partial charge in [-0.05, 0) is 19.4 Å². The highest BCUT2D eigenvalue weighted by Gasteiger charge is 2.31. The van der Waals surface area contributed by atoms with Crippen LogP contribution in [0.3, 0.4) is 0 Å². The van der Waals surface area contributed by atoms with Gasteiger partial charge >= 0.3 is 11.9 Å². The Kier molecular flexibility index (Phi) is 14.9. The molecule has 1 aromatic heterocycles. The van der Waals surface area contributed by atoms with E-state index in [0.717, 1.165) is 0 Å². The first kappa shape index (κ1) is 37.8. The molecule has 0 aliphatic carbocycles.